The molecule has 3 rings (SSSR count). The molecule has 2 aromatic heterocycles. The normalized spacial score (nSPS) is 12.3. The van der Waals surface area contributed by atoms with Crippen LogP contribution in [0.4, 0.5) is 4.39 Å². The molecule has 1 aromatic carbocycles. The second-order valence-electron chi connectivity index (χ2n) is 4.70. The van der Waals surface area contributed by atoms with Crippen molar-refractivity contribution in [2.24, 2.45) is 0 Å². The van der Waals surface area contributed by atoms with E-state index in [4.69, 9.17) is 4.74 Å². The van der Waals surface area contributed by atoms with Crippen molar-refractivity contribution in [2.75, 3.05) is 0 Å². The number of fused-ring (bicyclic) bond motifs is 1. The van der Waals surface area contributed by atoms with E-state index in [0.29, 0.717) is 22.2 Å². The lowest BCUT2D eigenvalue weighted by Crippen LogP contribution is -2.10. The maximum atomic E-state index is 13.2. The third kappa shape index (κ3) is 2.63. The van der Waals surface area contributed by atoms with Crippen molar-refractivity contribution in [3.63, 3.8) is 0 Å². The molecule has 3 aromatic rings. The summed E-state index contributed by atoms with van der Waals surface area (Å²) < 4.78 is 18.6. The Bertz CT molecular complexity index is 798. The van der Waals surface area contributed by atoms with Gasteiger partial charge in [0.25, 0.3) is 0 Å². The summed E-state index contributed by atoms with van der Waals surface area (Å²) in [6.07, 6.45) is 2.72. The summed E-state index contributed by atoms with van der Waals surface area (Å²) >= 11 is 0. The second-order valence-corrected chi connectivity index (χ2v) is 4.70. The summed E-state index contributed by atoms with van der Waals surface area (Å²) in [6.45, 7) is 1.71. The summed E-state index contributed by atoms with van der Waals surface area (Å²) in [5.74, 6) is -0.814. The highest BCUT2D eigenvalue weighted by atomic mass is 19.1. The summed E-state index contributed by atoms with van der Waals surface area (Å²) in [5, 5.41) is 0.703. The van der Waals surface area contributed by atoms with Gasteiger partial charge < -0.3 is 9.72 Å². The largest absolute Gasteiger partial charge is 0.454 e. The highest BCUT2D eigenvalue weighted by Crippen LogP contribution is 2.22. The predicted molar refractivity (Wildman–Crippen MR) is 76.3 cm³/mol. The fraction of sp³-hybridized carbons (Fsp3) is 0.125. The monoisotopic (exact) mass is 284 g/mol. The van der Waals surface area contributed by atoms with Gasteiger partial charge in [-0.3, -0.25) is 0 Å². The van der Waals surface area contributed by atoms with Crippen LogP contribution in [0.25, 0.3) is 11.0 Å². The third-order valence-electron chi connectivity index (χ3n) is 3.28. The van der Waals surface area contributed by atoms with Crippen LogP contribution in [-0.2, 0) is 4.74 Å². The van der Waals surface area contributed by atoms with Gasteiger partial charge in [-0.2, -0.15) is 0 Å². The highest BCUT2D eigenvalue weighted by molar-refractivity contribution is 6.02. The molecule has 2 heterocycles. The summed E-state index contributed by atoms with van der Waals surface area (Å²) in [6, 6.07) is 9.40. The molecule has 0 saturated heterocycles. The summed E-state index contributed by atoms with van der Waals surface area (Å²) in [4.78, 5) is 19.3. The van der Waals surface area contributed by atoms with Crippen molar-refractivity contribution < 1.29 is 13.9 Å². The van der Waals surface area contributed by atoms with Crippen LogP contribution in [0.3, 0.4) is 0 Å². The van der Waals surface area contributed by atoms with Gasteiger partial charge >= 0.3 is 5.97 Å². The number of halogens is 1. The Morgan fingerprint density at radius 3 is 3.00 bits per heavy atom. The zero-order valence-corrected chi connectivity index (χ0v) is 11.3. The first-order chi connectivity index (χ1) is 10.1. The zero-order valence-electron chi connectivity index (χ0n) is 11.3. The number of carbonyl (C=O) groups is 1. The number of rotatable bonds is 3. The van der Waals surface area contributed by atoms with Crippen LogP contribution >= 0.6 is 0 Å². The van der Waals surface area contributed by atoms with Crippen LogP contribution in [0.15, 0.2) is 48.8 Å². The van der Waals surface area contributed by atoms with E-state index in [-0.39, 0.29) is 5.82 Å². The van der Waals surface area contributed by atoms with E-state index >= 15 is 0 Å². The Hall–Kier alpha value is -2.69. The van der Waals surface area contributed by atoms with Gasteiger partial charge in [-0.25, -0.2) is 14.2 Å². The van der Waals surface area contributed by atoms with E-state index in [1.54, 1.807) is 43.6 Å². The lowest BCUT2D eigenvalue weighted by atomic mass is 10.1. The highest BCUT2D eigenvalue weighted by Gasteiger charge is 2.17. The molecule has 0 spiro atoms. The first-order valence-electron chi connectivity index (χ1n) is 6.53. The molecule has 21 heavy (non-hydrogen) atoms. The zero-order chi connectivity index (χ0) is 14.8. The molecule has 5 heteroatoms. The van der Waals surface area contributed by atoms with Crippen LogP contribution in [0, 0.1) is 5.82 Å². The van der Waals surface area contributed by atoms with Gasteiger partial charge in [0, 0.05) is 17.8 Å². The number of aromatic amines is 1. The first-order valence-corrected chi connectivity index (χ1v) is 6.53. The Balaban J connectivity index is 1.85. The number of esters is 1. The van der Waals surface area contributed by atoms with E-state index in [9.17, 15) is 9.18 Å². The van der Waals surface area contributed by atoms with E-state index in [1.165, 1.54) is 12.1 Å². The SMILES string of the molecule is CC(OC(=O)c1ccnc2[nH]ccc12)c1cccc(F)c1. The molecular weight excluding hydrogens is 271 g/mol. The van der Waals surface area contributed by atoms with Gasteiger partial charge in [0.1, 0.15) is 17.6 Å². The maximum absolute atomic E-state index is 13.2. The number of ether oxygens (including phenoxy) is 1. The fourth-order valence-corrected chi connectivity index (χ4v) is 2.19. The molecule has 0 aliphatic rings. The van der Waals surface area contributed by atoms with Crippen molar-refractivity contribution in [3.8, 4) is 0 Å². The molecule has 4 nitrogen and oxygen atoms in total. The van der Waals surface area contributed by atoms with Crippen molar-refractivity contribution in [1.29, 1.82) is 0 Å². The predicted octanol–water partition coefficient (Wildman–Crippen LogP) is 3.62. The molecule has 0 amide bonds. The topological polar surface area (TPSA) is 55.0 Å². The van der Waals surface area contributed by atoms with Crippen LogP contribution in [0.5, 0.6) is 0 Å². The quantitative estimate of drug-likeness (QED) is 0.747. The number of hydrogen-bond donors (Lipinski definition) is 1. The first kappa shape index (κ1) is 13.3. The number of benzene rings is 1. The van der Waals surface area contributed by atoms with Gasteiger partial charge in [0.15, 0.2) is 0 Å². The number of nitrogens with one attached hydrogen (secondary N) is 1. The number of nitrogens with zero attached hydrogens (tertiary/aromatic N) is 1. The second kappa shape index (κ2) is 5.36. The molecule has 1 atom stereocenters. The smallest absolute Gasteiger partial charge is 0.339 e. The van der Waals surface area contributed by atoms with Crippen molar-refractivity contribution in [3.05, 3.63) is 65.7 Å². The van der Waals surface area contributed by atoms with Crippen LogP contribution in [0.1, 0.15) is 28.9 Å². The van der Waals surface area contributed by atoms with Gasteiger partial charge in [0.05, 0.1) is 5.56 Å². The number of hydrogen-bond acceptors (Lipinski definition) is 3. The van der Waals surface area contributed by atoms with Crippen LogP contribution in [0.2, 0.25) is 0 Å². The molecule has 106 valence electrons. The average molecular weight is 284 g/mol. The van der Waals surface area contributed by atoms with Gasteiger partial charge in [0.2, 0.25) is 0 Å². The lowest BCUT2D eigenvalue weighted by Gasteiger charge is -2.14. The van der Waals surface area contributed by atoms with Crippen molar-refractivity contribution in [2.45, 2.75) is 13.0 Å². The standard InChI is InChI=1S/C16H13FN2O2/c1-10(11-3-2-4-12(17)9-11)21-16(20)14-6-8-19-15-13(14)5-7-18-15/h2-10H,1H3,(H,18,19). The number of H-pyrrole nitrogens is 1. The van der Waals surface area contributed by atoms with Gasteiger partial charge in [-0.05, 0) is 36.8 Å². The summed E-state index contributed by atoms with van der Waals surface area (Å²) in [7, 11) is 0. The minimum absolute atomic E-state index is 0.354. The molecular formula is C16H13FN2O2. The molecule has 0 bridgehead atoms. The third-order valence-corrected chi connectivity index (χ3v) is 3.28. The van der Waals surface area contributed by atoms with Crippen LogP contribution in [-0.4, -0.2) is 15.9 Å². The van der Waals surface area contributed by atoms with Gasteiger partial charge in [-0.1, -0.05) is 12.1 Å². The number of carbonyl (C=O) groups excluding carboxylic acids is 1. The Morgan fingerprint density at radius 1 is 1.33 bits per heavy atom. The maximum Gasteiger partial charge on any atom is 0.339 e. The van der Waals surface area contributed by atoms with Gasteiger partial charge in [-0.15, -0.1) is 0 Å². The molecule has 1 N–H and O–H groups in total. The fourth-order valence-electron chi connectivity index (χ4n) is 2.19. The van der Waals surface area contributed by atoms with E-state index in [2.05, 4.69) is 9.97 Å². The lowest BCUT2D eigenvalue weighted by molar-refractivity contribution is 0.0339. The number of pyridine rings is 1. The molecule has 0 radical (unpaired) electrons. The minimum Gasteiger partial charge on any atom is -0.454 e. The molecule has 0 fully saturated rings. The molecule has 1 unspecified atom stereocenters. The van der Waals surface area contributed by atoms with E-state index < -0.39 is 12.1 Å². The number of aromatic nitrogens is 2. The van der Waals surface area contributed by atoms with E-state index in [0.717, 1.165) is 0 Å². The minimum atomic E-state index is -0.532. The van der Waals surface area contributed by atoms with Crippen molar-refractivity contribution >= 4 is 17.0 Å². The average Bonchev–Trinajstić information content (AvgIpc) is 2.95. The van der Waals surface area contributed by atoms with E-state index in [1.807, 2.05) is 0 Å². The Morgan fingerprint density at radius 2 is 2.19 bits per heavy atom. The molecule has 0 aliphatic heterocycles. The van der Waals surface area contributed by atoms with Crippen LogP contribution < -0.4 is 0 Å². The Kier molecular flexibility index (Phi) is 3.39. The molecule has 0 aliphatic carbocycles. The summed E-state index contributed by atoms with van der Waals surface area (Å²) in [5.41, 5.74) is 1.68. The van der Waals surface area contributed by atoms with Crippen molar-refractivity contribution in [1.82, 2.24) is 9.97 Å². The molecule has 0 saturated carbocycles. The Labute approximate surface area is 120 Å².